The van der Waals surface area contributed by atoms with Crippen LogP contribution in [0.1, 0.15) is 24.0 Å². The van der Waals surface area contributed by atoms with Crippen LogP contribution in [0.15, 0.2) is 29.2 Å². The first-order chi connectivity index (χ1) is 9.10. The normalized spacial score (nSPS) is 10.5. The molecule has 0 radical (unpaired) electrons. The van der Waals surface area contributed by atoms with Crippen LogP contribution in [0.25, 0.3) is 0 Å². The maximum Gasteiger partial charge on any atom is 0.253 e. The van der Waals surface area contributed by atoms with Crippen molar-refractivity contribution in [1.29, 1.82) is 0 Å². The number of hydrogen-bond donors (Lipinski definition) is 1. The Morgan fingerprint density at radius 3 is 2.84 bits per heavy atom. The Morgan fingerprint density at radius 2 is 2.11 bits per heavy atom. The average Bonchev–Trinajstić information content (AvgIpc) is 2.35. The molecule has 5 nitrogen and oxygen atoms in total. The van der Waals surface area contributed by atoms with Gasteiger partial charge in [-0.3, -0.25) is 4.79 Å². The van der Waals surface area contributed by atoms with Gasteiger partial charge in [0.2, 0.25) is 0 Å². The highest BCUT2D eigenvalue weighted by Crippen LogP contribution is 2.06. The molecule has 0 aliphatic rings. The molecule has 5 heteroatoms. The van der Waals surface area contributed by atoms with Crippen molar-refractivity contribution in [3.63, 3.8) is 0 Å². The van der Waals surface area contributed by atoms with Crippen LogP contribution in [-0.4, -0.2) is 21.1 Å². The fraction of sp³-hybridized carbons (Fsp3) is 0.357. The quantitative estimate of drug-likeness (QED) is 0.907. The molecule has 1 N–H and O–H groups in total. The highest BCUT2D eigenvalue weighted by atomic mass is 16.1. The van der Waals surface area contributed by atoms with E-state index in [1.54, 1.807) is 23.8 Å². The SMILES string of the molecule is CCNc1cc(C)nc(Cn2cccc(C)c2=O)n1. The van der Waals surface area contributed by atoms with Gasteiger partial charge in [-0.15, -0.1) is 0 Å². The zero-order chi connectivity index (χ0) is 13.8. The number of hydrogen-bond acceptors (Lipinski definition) is 4. The van der Waals surface area contributed by atoms with Crippen LogP contribution >= 0.6 is 0 Å². The topological polar surface area (TPSA) is 59.8 Å². The summed E-state index contributed by atoms with van der Waals surface area (Å²) in [5, 5.41) is 3.16. The molecule has 0 aliphatic heterocycles. The molecule has 2 rings (SSSR count). The highest BCUT2D eigenvalue weighted by Gasteiger charge is 2.05. The van der Waals surface area contributed by atoms with Gasteiger partial charge < -0.3 is 9.88 Å². The molecule has 0 atom stereocenters. The zero-order valence-electron chi connectivity index (χ0n) is 11.5. The third-order valence-corrected chi connectivity index (χ3v) is 2.78. The molecule has 0 amide bonds. The first-order valence-electron chi connectivity index (χ1n) is 6.34. The molecule has 0 bridgehead atoms. The summed E-state index contributed by atoms with van der Waals surface area (Å²) >= 11 is 0. The van der Waals surface area contributed by atoms with Crippen LogP contribution in [-0.2, 0) is 6.54 Å². The van der Waals surface area contributed by atoms with Crippen LogP contribution < -0.4 is 10.9 Å². The summed E-state index contributed by atoms with van der Waals surface area (Å²) in [6, 6.07) is 5.56. The lowest BCUT2D eigenvalue weighted by Gasteiger charge is -2.09. The molecular weight excluding hydrogens is 240 g/mol. The van der Waals surface area contributed by atoms with Gasteiger partial charge in [0.25, 0.3) is 5.56 Å². The second-order valence-corrected chi connectivity index (χ2v) is 4.47. The Hall–Kier alpha value is -2.17. The zero-order valence-corrected chi connectivity index (χ0v) is 11.5. The Bertz CT molecular complexity index is 634. The number of aryl methyl sites for hydroxylation is 2. The van der Waals surface area contributed by atoms with E-state index in [4.69, 9.17) is 0 Å². The van der Waals surface area contributed by atoms with Gasteiger partial charge in [-0.25, -0.2) is 9.97 Å². The molecule has 0 aromatic carbocycles. The largest absolute Gasteiger partial charge is 0.370 e. The van der Waals surface area contributed by atoms with Gasteiger partial charge in [0.15, 0.2) is 5.82 Å². The van der Waals surface area contributed by atoms with Gasteiger partial charge in [-0.1, -0.05) is 6.07 Å². The summed E-state index contributed by atoms with van der Waals surface area (Å²) in [7, 11) is 0. The Kier molecular flexibility index (Phi) is 3.94. The van der Waals surface area contributed by atoms with Crippen molar-refractivity contribution in [3.05, 3.63) is 51.8 Å². The molecule has 19 heavy (non-hydrogen) atoms. The number of aromatic nitrogens is 3. The second-order valence-electron chi connectivity index (χ2n) is 4.47. The van der Waals surface area contributed by atoms with E-state index in [0.717, 1.165) is 23.6 Å². The van der Waals surface area contributed by atoms with E-state index in [-0.39, 0.29) is 5.56 Å². The maximum atomic E-state index is 12.0. The molecule has 0 spiro atoms. The van der Waals surface area contributed by atoms with Gasteiger partial charge in [0.1, 0.15) is 5.82 Å². The van der Waals surface area contributed by atoms with Crippen molar-refractivity contribution in [2.75, 3.05) is 11.9 Å². The van der Waals surface area contributed by atoms with Gasteiger partial charge in [0.05, 0.1) is 6.54 Å². The summed E-state index contributed by atoms with van der Waals surface area (Å²) in [4.78, 5) is 20.7. The van der Waals surface area contributed by atoms with Crippen molar-refractivity contribution in [2.24, 2.45) is 0 Å². The van der Waals surface area contributed by atoms with Crippen molar-refractivity contribution >= 4 is 5.82 Å². The second kappa shape index (κ2) is 5.65. The molecule has 0 saturated heterocycles. The molecule has 0 fully saturated rings. The number of anilines is 1. The van der Waals surface area contributed by atoms with Gasteiger partial charge in [-0.05, 0) is 26.8 Å². The number of nitrogens with one attached hydrogen (secondary N) is 1. The van der Waals surface area contributed by atoms with Crippen LogP contribution in [0.3, 0.4) is 0 Å². The van der Waals surface area contributed by atoms with E-state index in [0.29, 0.717) is 12.4 Å². The lowest BCUT2D eigenvalue weighted by molar-refractivity contribution is 0.706. The summed E-state index contributed by atoms with van der Waals surface area (Å²) in [6.07, 6.45) is 1.76. The first-order valence-corrected chi connectivity index (χ1v) is 6.34. The Balaban J connectivity index is 2.32. The van der Waals surface area contributed by atoms with Gasteiger partial charge >= 0.3 is 0 Å². The van der Waals surface area contributed by atoms with Gasteiger partial charge in [-0.2, -0.15) is 0 Å². The van der Waals surface area contributed by atoms with Crippen molar-refractivity contribution in [2.45, 2.75) is 27.3 Å². The van der Waals surface area contributed by atoms with Crippen LogP contribution in [0, 0.1) is 13.8 Å². The Labute approximate surface area is 112 Å². The fourth-order valence-electron chi connectivity index (χ4n) is 1.91. The predicted molar refractivity (Wildman–Crippen MR) is 75.5 cm³/mol. The van der Waals surface area contributed by atoms with E-state index < -0.39 is 0 Å². The third kappa shape index (κ3) is 3.19. The van der Waals surface area contributed by atoms with Crippen molar-refractivity contribution < 1.29 is 0 Å². The first kappa shape index (κ1) is 13.3. The van der Waals surface area contributed by atoms with Crippen LogP contribution in [0.4, 0.5) is 5.82 Å². The number of nitrogens with zero attached hydrogens (tertiary/aromatic N) is 3. The highest BCUT2D eigenvalue weighted by molar-refractivity contribution is 5.35. The van der Waals surface area contributed by atoms with E-state index in [1.165, 1.54) is 0 Å². The molecule has 0 saturated carbocycles. The van der Waals surface area contributed by atoms with E-state index in [9.17, 15) is 4.79 Å². The average molecular weight is 258 g/mol. The monoisotopic (exact) mass is 258 g/mol. The fourth-order valence-corrected chi connectivity index (χ4v) is 1.91. The predicted octanol–water partition coefficient (Wildman–Crippen LogP) is 1.74. The smallest absolute Gasteiger partial charge is 0.253 e. The molecule has 2 aromatic rings. The molecule has 2 aromatic heterocycles. The molecule has 2 heterocycles. The van der Waals surface area contributed by atoms with Crippen molar-refractivity contribution in [3.8, 4) is 0 Å². The third-order valence-electron chi connectivity index (χ3n) is 2.78. The minimum atomic E-state index is -0.00222. The summed E-state index contributed by atoms with van der Waals surface area (Å²) in [5.41, 5.74) is 1.61. The van der Waals surface area contributed by atoms with Gasteiger partial charge in [0, 0.05) is 30.1 Å². The van der Waals surface area contributed by atoms with E-state index in [1.807, 2.05) is 26.0 Å². The maximum absolute atomic E-state index is 12.0. The lowest BCUT2D eigenvalue weighted by atomic mass is 10.3. The van der Waals surface area contributed by atoms with Crippen molar-refractivity contribution in [1.82, 2.24) is 14.5 Å². The summed E-state index contributed by atoms with van der Waals surface area (Å²) in [6.45, 7) is 6.94. The number of pyridine rings is 1. The number of rotatable bonds is 4. The van der Waals surface area contributed by atoms with E-state index in [2.05, 4.69) is 15.3 Å². The lowest BCUT2D eigenvalue weighted by Crippen LogP contribution is -2.23. The summed E-state index contributed by atoms with van der Waals surface area (Å²) in [5.74, 6) is 1.44. The standard InChI is InChI=1S/C14H18N4O/c1-4-15-12-8-11(3)16-13(17-12)9-18-7-5-6-10(2)14(18)19/h5-8H,4,9H2,1-3H3,(H,15,16,17). The molecular formula is C14H18N4O. The van der Waals surface area contributed by atoms with Crippen LogP contribution in [0.2, 0.25) is 0 Å². The minimum Gasteiger partial charge on any atom is -0.370 e. The molecule has 0 unspecified atom stereocenters. The van der Waals surface area contributed by atoms with Crippen LogP contribution in [0.5, 0.6) is 0 Å². The molecule has 0 aliphatic carbocycles. The Morgan fingerprint density at radius 1 is 1.32 bits per heavy atom. The van der Waals surface area contributed by atoms with E-state index >= 15 is 0 Å². The molecule has 100 valence electrons. The summed E-state index contributed by atoms with van der Waals surface area (Å²) < 4.78 is 1.62. The minimum absolute atomic E-state index is 0.00222.